The average molecular weight is 236 g/mol. The molecule has 0 saturated carbocycles. The van der Waals surface area contributed by atoms with E-state index in [1.807, 2.05) is 34.9 Å². The number of benzene rings is 1. The van der Waals surface area contributed by atoms with Crippen molar-refractivity contribution in [1.82, 2.24) is 4.40 Å². The molecule has 1 aromatic carbocycles. The second-order valence-corrected chi connectivity index (χ2v) is 4.72. The molecule has 0 aliphatic heterocycles. The van der Waals surface area contributed by atoms with Crippen LogP contribution in [-0.2, 0) is 0 Å². The van der Waals surface area contributed by atoms with Crippen LogP contribution in [0, 0.1) is 0 Å². The van der Waals surface area contributed by atoms with Gasteiger partial charge in [-0.3, -0.25) is 4.79 Å². The maximum Gasteiger partial charge on any atom is 0.256 e. The summed E-state index contributed by atoms with van der Waals surface area (Å²) in [6.45, 7) is 0. The first-order valence-electron chi connectivity index (χ1n) is 4.45. The predicted octanol–water partition coefficient (Wildman–Crippen LogP) is 3.17. The summed E-state index contributed by atoms with van der Waals surface area (Å²) in [5.41, 5.74) is 1.68. The first-order chi connectivity index (χ1) is 7.25. The van der Waals surface area contributed by atoms with Crippen LogP contribution >= 0.6 is 22.9 Å². The van der Waals surface area contributed by atoms with Gasteiger partial charge in [-0.15, -0.1) is 0 Å². The molecule has 3 rings (SSSR count). The third kappa shape index (κ3) is 1.28. The minimum absolute atomic E-state index is 0.0785. The molecule has 2 heterocycles. The van der Waals surface area contributed by atoms with Crippen LogP contribution in [0.3, 0.4) is 0 Å². The molecule has 15 heavy (non-hydrogen) atoms. The summed E-state index contributed by atoms with van der Waals surface area (Å²) < 4.78 is 2.91. The van der Waals surface area contributed by atoms with Crippen LogP contribution in [0.1, 0.15) is 0 Å². The maximum absolute atomic E-state index is 11.7. The molecule has 0 N–H and O–H groups in total. The summed E-state index contributed by atoms with van der Waals surface area (Å²) in [5, 5.41) is 0.684. The summed E-state index contributed by atoms with van der Waals surface area (Å²) in [6.07, 6.45) is 1.88. The van der Waals surface area contributed by atoms with Gasteiger partial charge in [0.25, 0.3) is 4.74 Å². The van der Waals surface area contributed by atoms with E-state index in [0.717, 1.165) is 10.2 Å². The number of fused-ring (bicyclic) bond motifs is 3. The summed E-state index contributed by atoms with van der Waals surface area (Å²) in [4.78, 5) is 11.7. The highest BCUT2D eigenvalue weighted by atomic mass is 35.5. The number of hydrogen-bond acceptors (Lipinski definition) is 2. The van der Waals surface area contributed by atoms with Crippen LogP contribution in [0.2, 0.25) is 5.02 Å². The fourth-order valence-electron chi connectivity index (χ4n) is 1.67. The molecule has 0 unspecified atom stereocenters. The molecular weight excluding hydrogens is 230 g/mol. The number of halogens is 1. The molecule has 0 radical (unpaired) electrons. The molecule has 2 nitrogen and oxygen atoms in total. The zero-order valence-corrected chi connectivity index (χ0v) is 9.18. The van der Waals surface area contributed by atoms with Crippen molar-refractivity contribution in [3.8, 4) is 0 Å². The van der Waals surface area contributed by atoms with Crippen molar-refractivity contribution in [3.63, 3.8) is 0 Å². The Kier molecular flexibility index (Phi) is 1.84. The van der Waals surface area contributed by atoms with Gasteiger partial charge in [-0.05, 0) is 30.3 Å². The molecule has 0 aliphatic rings. The van der Waals surface area contributed by atoms with Gasteiger partial charge < -0.3 is 4.40 Å². The number of nitrogens with zero attached hydrogens (tertiary/aromatic N) is 1. The predicted molar refractivity (Wildman–Crippen MR) is 64.1 cm³/mol. The van der Waals surface area contributed by atoms with Gasteiger partial charge in [0, 0.05) is 11.2 Å². The number of hydrogen-bond donors (Lipinski definition) is 0. The Hall–Kier alpha value is -1.32. The highest BCUT2D eigenvalue weighted by molar-refractivity contribution is 7.16. The lowest BCUT2D eigenvalue weighted by Gasteiger charge is -2.01. The lowest BCUT2D eigenvalue weighted by atomic mass is 10.3. The van der Waals surface area contributed by atoms with E-state index >= 15 is 0 Å². The van der Waals surface area contributed by atoms with E-state index in [9.17, 15) is 4.79 Å². The van der Waals surface area contributed by atoms with Gasteiger partial charge in [-0.2, -0.15) is 0 Å². The molecule has 0 amide bonds. The van der Waals surface area contributed by atoms with Crippen molar-refractivity contribution in [2.75, 3.05) is 0 Å². The summed E-state index contributed by atoms with van der Waals surface area (Å²) in [6, 6.07) is 9.24. The zero-order chi connectivity index (χ0) is 10.4. The third-order valence-corrected chi connectivity index (χ3v) is 3.54. The fraction of sp³-hybridized carbons (Fsp3) is 0. The lowest BCUT2D eigenvalue weighted by Crippen LogP contribution is -1.99. The van der Waals surface area contributed by atoms with Gasteiger partial charge in [0.2, 0.25) is 0 Å². The zero-order valence-electron chi connectivity index (χ0n) is 7.61. The van der Waals surface area contributed by atoms with Crippen molar-refractivity contribution in [2.24, 2.45) is 0 Å². The van der Waals surface area contributed by atoms with Crippen molar-refractivity contribution in [2.45, 2.75) is 0 Å². The van der Waals surface area contributed by atoms with E-state index in [2.05, 4.69) is 0 Å². The first kappa shape index (κ1) is 8.95. The molecular formula is C11H6ClNOS. The van der Waals surface area contributed by atoms with E-state index < -0.39 is 0 Å². The Bertz CT molecular complexity index is 713. The van der Waals surface area contributed by atoms with Gasteiger partial charge in [-0.25, -0.2) is 0 Å². The van der Waals surface area contributed by atoms with Crippen LogP contribution in [0.15, 0.2) is 41.3 Å². The third-order valence-electron chi connectivity index (χ3n) is 2.34. The maximum atomic E-state index is 11.7. The highest BCUT2D eigenvalue weighted by Crippen LogP contribution is 2.22. The molecule has 0 bridgehead atoms. The topological polar surface area (TPSA) is 21.5 Å². The molecule has 0 aliphatic carbocycles. The SMILES string of the molecule is O=c1sc2ccc(Cl)cc2n2cccc12. The molecule has 3 aromatic rings. The van der Waals surface area contributed by atoms with Crippen molar-refractivity contribution >= 4 is 38.7 Å². The van der Waals surface area contributed by atoms with Gasteiger partial charge in [0.15, 0.2) is 0 Å². The van der Waals surface area contributed by atoms with Gasteiger partial charge in [0.1, 0.15) is 5.52 Å². The van der Waals surface area contributed by atoms with Gasteiger partial charge >= 0.3 is 0 Å². The van der Waals surface area contributed by atoms with E-state index in [1.165, 1.54) is 11.3 Å². The Labute approximate surface area is 94.3 Å². The van der Waals surface area contributed by atoms with Crippen LogP contribution in [0.25, 0.3) is 15.7 Å². The Morgan fingerprint density at radius 2 is 2.07 bits per heavy atom. The molecule has 0 saturated heterocycles. The van der Waals surface area contributed by atoms with Crippen LogP contribution < -0.4 is 4.74 Å². The molecule has 0 spiro atoms. The lowest BCUT2D eigenvalue weighted by molar-refractivity contribution is 1.28. The highest BCUT2D eigenvalue weighted by Gasteiger charge is 2.04. The monoisotopic (exact) mass is 235 g/mol. The standard InChI is InChI=1S/C11H6ClNOS/c12-7-3-4-10-9(6-7)13-5-1-2-8(13)11(14)15-10/h1-6H. The van der Waals surface area contributed by atoms with Crippen molar-refractivity contribution < 1.29 is 0 Å². The minimum Gasteiger partial charge on any atom is -0.311 e. The van der Waals surface area contributed by atoms with E-state index in [4.69, 9.17) is 11.6 Å². The number of aromatic nitrogens is 1. The molecule has 0 fully saturated rings. The fourth-order valence-corrected chi connectivity index (χ4v) is 2.71. The summed E-state index contributed by atoms with van der Waals surface area (Å²) >= 11 is 7.19. The van der Waals surface area contributed by atoms with Crippen LogP contribution in [0.4, 0.5) is 0 Å². The van der Waals surface area contributed by atoms with E-state index in [-0.39, 0.29) is 4.74 Å². The Morgan fingerprint density at radius 3 is 2.93 bits per heavy atom. The average Bonchev–Trinajstić information content (AvgIpc) is 2.69. The smallest absolute Gasteiger partial charge is 0.256 e. The first-order valence-corrected chi connectivity index (χ1v) is 5.64. The van der Waals surface area contributed by atoms with Crippen LogP contribution in [0.5, 0.6) is 0 Å². The number of rotatable bonds is 0. The largest absolute Gasteiger partial charge is 0.311 e. The summed E-state index contributed by atoms with van der Waals surface area (Å²) in [5.74, 6) is 0. The molecule has 4 heteroatoms. The minimum atomic E-state index is 0.0785. The molecule has 74 valence electrons. The van der Waals surface area contributed by atoms with Gasteiger partial charge in [-0.1, -0.05) is 22.9 Å². The Balaban J connectivity index is 2.67. The van der Waals surface area contributed by atoms with Crippen molar-refractivity contribution in [3.05, 3.63) is 51.1 Å². The van der Waals surface area contributed by atoms with Gasteiger partial charge in [0.05, 0.1) is 10.2 Å². The quantitative estimate of drug-likeness (QED) is 0.587. The summed E-state index contributed by atoms with van der Waals surface area (Å²) in [7, 11) is 0. The Morgan fingerprint density at radius 1 is 1.20 bits per heavy atom. The molecule has 2 aromatic heterocycles. The van der Waals surface area contributed by atoms with Crippen LogP contribution in [-0.4, -0.2) is 4.40 Å². The van der Waals surface area contributed by atoms with Crippen molar-refractivity contribution in [1.29, 1.82) is 0 Å². The normalized spacial score (nSPS) is 11.3. The van der Waals surface area contributed by atoms with E-state index in [1.54, 1.807) is 6.07 Å². The molecule has 0 atom stereocenters. The second-order valence-electron chi connectivity index (χ2n) is 3.26. The van der Waals surface area contributed by atoms with E-state index in [0.29, 0.717) is 10.5 Å². The second kappa shape index (κ2) is 3.08.